The number of nitrogens with one attached hydrogen (secondary N) is 1. The smallest absolute Gasteiger partial charge is 0.216 e. The quantitative estimate of drug-likeness (QED) is 0.904. The van der Waals surface area contributed by atoms with Gasteiger partial charge >= 0.3 is 0 Å². The van der Waals surface area contributed by atoms with Crippen molar-refractivity contribution in [3.05, 3.63) is 29.5 Å². The lowest BCUT2D eigenvalue weighted by atomic mass is 10.2. The number of hydrogen-bond acceptors (Lipinski definition) is 3. The third-order valence-corrected chi connectivity index (χ3v) is 3.37. The molecule has 0 bridgehead atoms. The Kier molecular flexibility index (Phi) is 3.87. The van der Waals surface area contributed by atoms with Crippen molar-refractivity contribution in [2.75, 3.05) is 5.32 Å². The van der Waals surface area contributed by atoms with Crippen LogP contribution in [0.15, 0.2) is 12.3 Å². The van der Waals surface area contributed by atoms with Crippen LogP contribution in [0.1, 0.15) is 37.6 Å². The minimum Gasteiger partial charge on any atom is -0.364 e. The van der Waals surface area contributed by atoms with Gasteiger partial charge in [-0.15, -0.1) is 0 Å². The summed E-state index contributed by atoms with van der Waals surface area (Å²) >= 11 is 0. The summed E-state index contributed by atoms with van der Waals surface area (Å²) in [5, 5.41) is 11.6. The monoisotopic (exact) mass is 265 g/mol. The molecule has 2 aromatic heterocycles. The molecule has 0 aromatic carbocycles. The van der Waals surface area contributed by atoms with E-state index in [0.717, 1.165) is 12.2 Å². The molecule has 0 radical (unpaired) electrons. The van der Waals surface area contributed by atoms with Crippen molar-refractivity contribution in [1.82, 2.24) is 19.6 Å². The highest BCUT2D eigenvalue weighted by Crippen LogP contribution is 2.15. The van der Waals surface area contributed by atoms with E-state index in [-0.39, 0.29) is 5.95 Å². The van der Waals surface area contributed by atoms with Crippen LogP contribution in [0.4, 0.5) is 10.2 Å². The molecule has 2 heterocycles. The van der Waals surface area contributed by atoms with Crippen LogP contribution in [-0.4, -0.2) is 19.6 Å². The highest BCUT2D eigenvalue weighted by atomic mass is 19.1. The minimum atomic E-state index is -0.300. The summed E-state index contributed by atoms with van der Waals surface area (Å²) in [5.74, 6) is 0.453. The molecule has 0 aliphatic carbocycles. The van der Waals surface area contributed by atoms with E-state index >= 15 is 0 Å². The number of rotatable bonds is 5. The molecule has 0 unspecified atom stereocenters. The lowest BCUT2D eigenvalue weighted by Gasteiger charge is -2.08. The molecular formula is C13H20FN5. The summed E-state index contributed by atoms with van der Waals surface area (Å²) in [6.07, 6.45) is 2.96. The Balaban J connectivity index is 2.04. The Bertz CT molecular complexity index is 557. The van der Waals surface area contributed by atoms with Crippen molar-refractivity contribution in [3.63, 3.8) is 0 Å². The van der Waals surface area contributed by atoms with Crippen LogP contribution in [0.3, 0.4) is 0 Å². The van der Waals surface area contributed by atoms with Crippen LogP contribution in [0, 0.1) is 12.9 Å². The van der Waals surface area contributed by atoms with Gasteiger partial charge in [-0.1, -0.05) is 6.92 Å². The van der Waals surface area contributed by atoms with Crippen molar-refractivity contribution in [2.45, 2.75) is 39.8 Å². The first-order valence-electron chi connectivity index (χ1n) is 6.50. The van der Waals surface area contributed by atoms with Gasteiger partial charge in [0.1, 0.15) is 5.82 Å². The summed E-state index contributed by atoms with van der Waals surface area (Å²) in [4.78, 5) is 0. The summed E-state index contributed by atoms with van der Waals surface area (Å²) in [6, 6.07) is 2.27. The van der Waals surface area contributed by atoms with Crippen molar-refractivity contribution >= 4 is 5.82 Å². The van der Waals surface area contributed by atoms with Gasteiger partial charge in [0, 0.05) is 37.5 Å². The largest absolute Gasteiger partial charge is 0.364 e. The number of hydrogen-bond donors (Lipinski definition) is 1. The van der Waals surface area contributed by atoms with E-state index in [1.165, 1.54) is 4.68 Å². The SMILES string of the molecule is CC[C@@H](C)n1ccc(NCc2c(C)nn(C)c2F)n1. The van der Waals surface area contributed by atoms with Crippen molar-refractivity contribution in [3.8, 4) is 0 Å². The minimum absolute atomic E-state index is 0.300. The van der Waals surface area contributed by atoms with E-state index < -0.39 is 0 Å². The van der Waals surface area contributed by atoms with Gasteiger partial charge in [-0.25, -0.2) is 4.68 Å². The number of halogens is 1. The normalized spacial score (nSPS) is 12.7. The molecule has 5 nitrogen and oxygen atoms in total. The molecule has 6 heteroatoms. The predicted octanol–water partition coefficient (Wildman–Crippen LogP) is 2.65. The van der Waals surface area contributed by atoms with Gasteiger partial charge in [0.05, 0.1) is 5.69 Å². The first-order valence-corrected chi connectivity index (χ1v) is 6.50. The van der Waals surface area contributed by atoms with Crippen molar-refractivity contribution in [1.29, 1.82) is 0 Å². The van der Waals surface area contributed by atoms with E-state index in [4.69, 9.17) is 0 Å². The molecule has 2 aromatic rings. The van der Waals surface area contributed by atoms with E-state index in [0.29, 0.717) is 23.8 Å². The third kappa shape index (κ3) is 2.77. The first kappa shape index (κ1) is 13.6. The number of aryl methyl sites for hydroxylation is 2. The fourth-order valence-electron chi connectivity index (χ4n) is 1.92. The summed E-state index contributed by atoms with van der Waals surface area (Å²) in [5.41, 5.74) is 1.29. The molecule has 0 saturated carbocycles. The topological polar surface area (TPSA) is 47.7 Å². The van der Waals surface area contributed by atoms with Gasteiger partial charge in [0.2, 0.25) is 5.95 Å². The molecule has 0 fully saturated rings. The molecule has 0 aliphatic rings. The van der Waals surface area contributed by atoms with E-state index in [9.17, 15) is 4.39 Å². The zero-order valence-electron chi connectivity index (χ0n) is 11.8. The molecule has 104 valence electrons. The van der Waals surface area contributed by atoms with Crippen LogP contribution in [0.5, 0.6) is 0 Å². The van der Waals surface area contributed by atoms with Gasteiger partial charge in [-0.3, -0.25) is 4.68 Å². The van der Waals surface area contributed by atoms with Crippen molar-refractivity contribution < 1.29 is 4.39 Å². The van der Waals surface area contributed by atoms with E-state index in [1.807, 2.05) is 16.9 Å². The van der Waals surface area contributed by atoms with Crippen LogP contribution >= 0.6 is 0 Å². The maximum atomic E-state index is 13.7. The predicted molar refractivity (Wildman–Crippen MR) is 72.5 cm³/mol. The molecule has 19 heavy (non-hydrogen) atoms. The summed E-state index contributed by atoms with van der Waals surface area (Å²) in [7, 11) is 1.60. The Labute approximate surface area is 112 Å². The second kappa shape index (κ2) is 5.42. The molecule has 2 rings (SSSR count). The molecular weight excluding hydrogens is 245 g/mol. The molecule has 0 spiro atoms. The maximum absolute atomic E-state index is 13.7. The maximum Gasteiger partial charge on any atom is 0.216 e. The van der Waals surface area contributed by atoms with Crippen LogP contribution in [-0.2, 0) is 13.6 Å². The molecule has 0 amide bonds. The number of nitrogens with zero attached hydrogens (tertiary/aromatic N) is 4. The van der Waals surface area contributed by atoms with Crippen molar-refractivity contribution in [2.24, 2.45) is 7.05 Å². The lowest BCUT2D eigenvalue weighted by molar-refractivity contribution is 0.478. The average Bonchev–Trinajstić information content (AvgIpc) is 2.94. The zero-order chi connectivity index (χ0) is 14.0. The van der Waals surface area contributed by atoms with E-state index in [2.05, 4.69) is 29.4 Å². The second-order valence-corrected chi connectivity index (χ2v) is 4.77. The van der Waals surface area contributed by atoms with Gasteiger partial charge in [-0.05, 0) is 20.3 Å². The summed E-state index contributed by atoms with van der Waals surface area (Å²) in [6.45, 7) is 6.43. The van der Waals surface area contributed by atoms with Gasteiger partial charge in [0.25, 0.3) is 0 Å². The highest BCUT2D eigenvalue weighted by Gasteiger charge is 2.13. The Morgan fingerprint density at radius 2 is 2.16 bits per heavy atom. The summed E-state index contributed by atoms with van der Waals surface area (Å²) < 4.78 is 16.9. The van der Waals surface area contributed by atoms with E-state index in [1.54, 1.807) is 14.0 Å². The Hall–Kier alpha value is -1.85. The van der Waals surface area contributed by atoms with Gasteiger partial charge in [-0.2, -0.15) is 14.6 Å². The van der Waals surface area contributed by atoms with Gasteiger partial charge in [0.15, 0.2) is 0 Å². The Morgan fingerprint density at radius 3 is 2.74 bits per heavy atom. The average molecular weight is 265 g/mol. The molecule has 1 atom stereocenters. The first-order chi connectivity index (χ1) is 9.02. The second-order valence-electron chi connectivity index (χ2n) is 4.77. The number of anilines is 1. The van der Waals surface area contributed by atoms with Crippen LogP contribution in [0.25, 0.3) is 0 Å². The fraction of sp³-hybridized carbons (Fsp3) is 0.538. The van der Waals surface area contributed by atoms with Crippen LogP contribution < -0.4 is 5.32 Å². The van der Waals surface area contributed by atoms with Crippen LogP contribution in [0.2, 0.25) is 0 Å². The molecule has 1 N–H and O–H groups in total. The standard InChI is InChI=1S/C13H20FN5/c1-5-9(2)19-7-6-12(17-19)15-8-11-10(3)16-18(4)13(11)14/h6-7,9H,5,8H2,1-4H3,(H,15,17)/t9-/m1/s1. The zero-order valence-corrected chi connectivity index (χ0v) is 11.8. The Morgan fingerprint density at radius 1 is 1.42 bits per heavy atom. The lowest BCUT2D eigenvalue weighted by Crippen LogP contribution is -2.07. The van der Waals surface area contributed by atoms with Gasteiger partial charge < -0.3 is 5.32 Å². The third-order valence-electron chi connectivity index (χ3n) is 3.37. The highest BCUT2D eigenvalue weighted by molar-refractivity contribution is 5.34. The fourth-order valence-corrected chi connectivity index (χ4v) is 1.92. The number of aromatic nitrogens is 4. The molecule has 0 aliphatic heterocycles. The molecule has 0 saturated heterocycles.